The van der Waals surface area contributed by atoms with Gasteiger partial charge in [0.25, 0.3) is 0 Å². The van der Waals surface area contributed by atoms with Gasteiger partial charge >= 0.3 is 18.0 Å². The summed E-state index contributed by atoms with van der Waals surface area (Å²) in [4.78, 5) is 34.6. The van der Waals surface area contributed by atoms with Crippen LogP contribution in [-0.4, -0.2) is 39.9 Å². The summed E-state index contributed by atoms with van der Waals surface area (Å²) in [6.45, 7) is 0. The third-order valence-electron chi connectivity index (χ3n) is 4.69. The highest BCUT2D eigenvalue weighted by Gasteiger charge is 2.75. The maximum absolute atomic E-state index is 12.0. The molecule has 0 spiro atoms. The first-order valence-electron chi connectivity index (χ1n) is 7.23. The Kier molecular flexibility index (Phi) is 3.89. The number of hydrogen-bond acceptors (Lipinski definition) is 5. The van der Waals surface area contributed by atoms with Crippen LogP contribution in [-0.2, 0) is 14.3 Å². The molecule has 5 unspecified atom stereocenters. The molecule has 0 aromatic heterocycles. The van der Waals surface area contributed by atoms with Crippen molar-refractivity contribution >= 4 is 35.3 Å². The zero-order valence-electron chi connectivity index (χ0n) is 12.3. The molecule has 3 rings (SSSR count). The Bertz CT molecular complexity index is 726. The van der Waals surface area contributed by atoms with Crippen molar-refractivity contribution in [2.24, 2.45) is 23.5 Å². The summed E-state index contributed by atoms with van der Waals surface area (Å²) in [5.74, 6) is -4.69. The number of benzene rings is 1. The minimum atomic E-state index is -1.71. The molecule has 2 aliphatic rings. The normalized spacial score (nSPS) is 33.4. The summed E-state index contributed by atoms with van der Waals surface area (Å²) in [6.07, 6.45) is -1.84. The second-order valence-electron chi connectivity index (χ2n) is 6.07. The lowest BCUT2D eigenvalue weighted by Gasteiger charge is -2.24. The molecule has 0 radical (unpaired) electrons. The zero-order valence-corrected chi connectivity index (χ0v) is 13.1. The quantitative estimate of drug-likeness (QED) is 0.640. The molecular formula is C15H15ClN2O6. The fourth-order valence-electron chi connectivity index (χ4n) is 3.57. The first-order chi connectivity index (χ1) is 11.3. The van der Waals surface area contributed by atoms with Gasteiger partial charge in [0.2, 0.25) is 0 Å². The summed E-state index contributed by atoms with van der Waals surface area (Å²) < 4.78 is 5.23. The third-order valence-corrected chi connectivity index (χ3v) is 5.02. The monoisotopic (exact) mass is 354 g/mol. The van der Waals surface area contributed by atoms with Crippen molar-refractivity contribution in [3.63, 3.8) is 0 Å². The van der Waals surface area contributed by atoms with Gasteiger partial charge in [-0.1, -0.05) is 23.7 Å². The second kappa shape index (κ2) is 5.64. The smallest absolute Gasteiger partial charge is 0.411 e. The van der Waals surface area contributed by atoms with E-state index in [4.69, 9.17) is 22.1 Å². The first-order valence-corrected chi connectivity index (χ1v) is 7.60. The van der Waals surface area contributed by atoms with Gasteiger partial charge in [-0.3, -0.25) is 14.9 Å². The van der Waals surface area contributed by atoms with E-state index in [1.54, 1.807) is 24.3 Å². The highest BCUT2D eigenvalue weighted by Crippen LogP contribution is 2.62. The lowest BCUT2D eigenvalue weighted by molar-refractivity contribution is -0.146. The van der Waals surface area contributed by atoms with Crippen LogP contribution >= 0.6 is 11.6 Å². The number of carbonyl (C=O) groups excluding carboxylic acids is 1. The predicted octanol–water partition coefficient (Wildman–Crippen LogP) is 1.39. The topological polar surface area (TPSA) is 139 Å². The van der Waals surface area contributed by atoms with Crippen LogP contribution in [0.4, 0.5) is 10.5 Å². The molecule has 1 amide bonds. The molecule has 8 nitrogen and oxygen atoms in total. The number of fused-ring (bicyclic) bond motifs is 1. The van der Waals surface area contributed by atoms with E-state index in [1.165, 1.54) is 0 Å². The van der Waals surface area contributed by atoms with Crippen molar-refractivity contribution in [2.75, 3.05) is 5.32 Å². The van der Waals surface area contributed by atoms with E-state index in [0.29, 0.717) is 10.7 Å². The molecule has 128 valence electrons. The number of rotatable bonds is 4. The van der Waals surface area contributed by atoms with Crippen molar-refractivity contribution in [2.45, 2.75) is 18.1 Å². The fourth-order valence-corrected chi connectivity index (χ4v) is 3.76. The number of carbonyl (C=O) groups is 3. The van der Waals surface area contributed by atoms with Crippen LogP contribution in [0.15, 0.2) is 24.3 Å². The van der Waals surface area contributed by atoms with Gasteiger partial charge in [-0.05, 0) is 12.1 Å². The van der Waals surface area contributed by atoms with E-state index < -0.39 is 47.4 Å². The van der Waals surface area contributed by atoms with Gasteiger partial charge in [-0.2, -0.15) is 0 Å². The fraction of sp³-hybridized carbons (Fsp3) is 0.400. The summed E-state index contributed by atoms with van der Waals surface area (Å²) >= 11 is 5.93. The highest BCUT2D eigenvalue weighted by molar-refractivity contribution is 6.33. The Morgan fingerprint density at radius 3 is 2.54 bits per heavy atom. The Morgan fingerprint density at radius 2 is 1.96 bits per heavy atom. The Morgan fingerprint density at radius 1 is 1.29 bits per heavy atom. The molecule has 0 aliphatic heterocycles. The van der Waals surface area contributed by atoms with E-state index in [-0.39, 0.29) is 6.42 Å². The number of hydrogen-bond donors (Lipinski definition) is 4. The zero-order chi connectivity index (χ0) is 17.6. The summed E-state index contributed by atoms with van der Waals surface area (Å²) in [7, 11) is 0. The van der Waals surface area contributed by atoms with Crippen molar-refractivity contribution in [3.05, 3.63) is 29.3 Å². The van der Waals surface area contributed by atoms with Gasteiger partial charge in [0.1, 0.15) is 11.6 Å². The van der Waals surface area contributed by atoms with E-state index >= 15 is 0 Å². The number of halogens is 1. The molecule has 2 saturated carbocycles. The first kappa shape index (κ1) is 16.5. The number of anilines is 1. The van der Waals surface area contributed by atoms with E-state index in [0.717, 1.165) is 0 Å². The standard InChI is InChI=1S/C15H15ClN2O6/c16-6-3-1-2-4-7(6)18-14(23)24-8-5-15(17,13(21)22)11-9(8)10(11)12(19)20/h1-4,8-11H,5,17H2,(H,18,23)(H,19,20)(H,21,22). The lowest BCUT2D eigenvalue weighted by atomic mass is 9.91. The van der Waals surface area contributed by atoms with Crippen LogP contribution in [0.25, 0.3) is 0 Å². The van der Waals surface area contributed by atoms with Crippen molar-refractivity contribution in [1.29, 1.82) is 0 Å². The molecule has 5 N–H and O–H groups in total. The number of ether oxygens (including phenoxy) is 1. The molecule has 2 aliphatic carbocycles. The summed E-state index contributed by atoms with van der Waals surface area (Å²) in [6, 6.07) is 6.52. The maximum Gasteiger partial charge on any atom is 0.411 e. The number of para-hydroxylation sites is 1. The van der Waals surface area contributed by atoms with Gasteiger partial charge in [0.05, 0.1) is 16.6 Å². The van der Waals surface area contributed by atoms with Crippen molar-refractivity contribution < 1.29 is 29.3 Å². The van der Waals surface area contributed by atoms with E-state index in [9.17, 15) is 24.6 Å². The van der Waals surface area contributed by atoms with Crippen LogP contribution in [0, 0.1) is 17.8 Å². The Hall–Kier alpha value is -2.32. The number of nitrogens with one attached hydrogen (secondary N) is 1. The Labute approximate surface area is 141 Å². The van der Waals surface area contributed by atoms with Crippen LogP contribution in [0.2, 0.25) is 5.02 Å². The molecule has 1 aromatic rings. The van der Waals surface area contributed by atoms with Crippen LogP contribution in [0.3, 0.4) is 0 Å². The maximum atomic E-state index is 12.0. The lowest BCUT2D eigenvalue weighted by Crippen LogP contribution is -2.51. The van der Waals surface area contributed by atoms with Crippen LogP contribution < -0.4 is 11.1 Å². The second-order valence-corrected chi connectivity index (χ2v) is 6.47. The molecule has 0 bridgehead atoms. The molecule has 5 atom stereocenters. The molecule has 0 saturated heterocycles. The van der Waals surface area contributed by atoms with Crippen molar-refractivity contribution in [1.82, 2.24) is 0 Å². The number of carboxylic acid groups (broad SMARTS) is 2. The summed E-state index contributed by atoms with van der Waals surface area (Å²) in [5.41, 5.74) is 4.49. The summed E-state index contributed by atoms with van der Waals surface area (Å²) in [5, 5.41) is 21.2. The third kappa shape index (κ3) is 2.57. The number of carboxylic acids is 2. The average molecular weight is 355 g/mol. The number of nitrogens with two attached hydrogens (primary N) is 1. The van der Waals surface area contributed by atoms with E-state index in [1.807, 2.05) is 0 Å². The average Bonchev–Trinajstić information content (AvgIpc) is 3.18. The number of aliphatic carboxylic acids is 2. The molecule has 1 aromatic carbocycles. The SMILES string of the molecule is NC1(C(=O)O)CC(OC(=O)Nc2ccccc2Cl)C2C(C(=O)O)C21. The molecular weight excluding hydrogens is 340 g/mol. The van der Waals surface area contributed by atoms with Gasteiger partial charge in [-0.25, -0.2) is 4.79 Å². The molecule has 24 heavy (non-hydrogen) atoms. The van der Waals surface area contributed by atoms with Crippen molar-refractivity contribution in [3.8, 4) is 0 Å². The van der Waals surface area contributed by atoms with Gasteiger partial charge in [-0.15, -0.1) is 0 Å². The van der Waals surface area contributed by atoms with Gasteiger partial charge in [0.15, 0.2) is 0 Å². The van der Waals surface area contributed by atoms with Gasteiger partial charge < -0.3 is 20.7 Å². The molecule has 2 fully saturated rings. The largest absolute Gasteiger partial charge is 0.481 e. The Balaban J connectivity index is 1.71. The van der Waals surface area contributed by atoms with Crippen LogP contribution in [0.1, 0.15) is 6.42 Å². The van der Waals surface area contributed by atoms with E-state index in [2.05, 4.69) is 5.32 Å². The van der Waals surface area contributed by atoms with Gasteiger partial charge in [0, 0.05) is 18.3 Å². The molecule has 0 heterocycles. The number of amides is 1. The minimum Gasteiger partial charge on any atom is -0.481 e. The predicted molar refractivity (Wildman–Crippen MR) is 82.6 cm³/mol. The molecule has 9 heteroatoms. The minimum absolute atomic E-state index is 0.128. The van der Waals surface area contributed by atoms with Crippen LogP contribution in [0.5, 0.6) is 0 Å². The highest BCUT2D eigenvalue weighted by atomic mass is 35.5.